The molecule has 152 valence electrons. The number of phenolic OH excluding ortho intramolecular Hbond substituents is 2. The average Bonchev–Trinajstić information content (AvgIpc) is 2.63. The van der Waals surface area contributed by atoms with Crippen LogP contribution in [0.3, 0.4) is 0 Å². The van der Waals surface area contributed by atoms with E-state index in [4.69, 9.17) is 46.4 Å². The summed E-state index contributed by atoms with van der Waals surface area (Å²) < 4.78 is 33.9. The normalized spacial score (nSPS) is 13.8. The van der Waals surface area contributed by atoms with E-state index in [9.17, 15) is 23.2 Å². The number of hydrogen-bond acceptors (Lipinski definition) is 4. The molecule has 0 saturated heterocycles. The van der Waals surface area contributed by atoms with Crippen LogP contribution >= 0.6 is 46.4 Å². The van der Waals surface area contributed by atoms with Crippen LogP contribution in [0.1, 0.15) is 16.7 Å². The van der Waals surface area contributed by atoms with E-state index in [0.717, 1.165) is 6.07 Å². The molecule has 3 aromatic carbocycles. The molecule has 3 aromatic rings. The van der Waals surface area contributed by atoms with Crippen LogP contribution < -0.4 is 0 Å². The first-order chi connectivity index (χ1) is 13.5. The topological polar surface area (TPSA) is 94.8 Å². The second-order valence-corrected chi connectivity index (χ2v) is 9.25. The fourth-order valence-electron chi connectivity index (χ4n) is 3.23. The molecule has 0 aromatic heterocycles. The maximum atomic E-state index is 13.0. The molecule has 0 bridgehead atoms. The molecule has 3 N–H and O–H groups in total. The fraction of sp³-hybridized carbons (Fsp3) is 0.0526. The van der Waals surface area contributed by atoms with Gasteiger partial charge in [0.15, 0.2) is 4.75 Å². The first-order valence-corrected chi connectivity index (χ1v) is 10.9. The van der Waals surface area contributed by atoms with Gasteiger partial charge in [-0.15, -0.1) is 0 Å². The van der Waals surface area contributed by atoms with Gasteiger partial charge in [0.2, 0.25) is 0 Å². The van der Waals surface area contributed by atoms with Gasteiger partial charge in [-0.25, -0.2) is 0 Å². The van der Waals surface area contributed by atoms with Crippen molar-refractivity contribution in [3.63, 3.8) is 0 Å². The van der Waals surface area contributed by atoms with Crippen molar-refractivity contribution in [2.75, 3.05) is 0 Å². The van der Waals surface area contributed by atoms with Crippen molar-refractivity contribution in [3.8, 4) is 11.5 Å². The molecule has 0 fully saturated rings. The Kier molecular flexibility index (Phi) is 5.98. The molecule has 0 saturated carbocycles. The number of phenols is 2. The average molecular weight is 494 g/mol. The van der Waals surface area contributed by atoms with Gasteiger partial charge < -0.3 is 10.2 Å². The summed E-state index contributed by atoms with van der Waals surface area (Å²) in [7, 11) is -5.18. The van der Waals surface area contributed by atoms with Gasteiger partial charge >= 0.3 is 0 Å². The predicted octanol–water partition coefficient (Wildman–Crippen LogP) is 5.89. The summed E-state index contributed by atoms with van der Waals surface area (Å²) in [6, 6.07) is 11.8. The van der Waals surface area contributed by atoms with E-state index >= 15 is 0 Å². The van der Waals surface area contributed by atoms with Gasteiger partial charge in [0.25, 0.3) is 10.1 Å². The molecule has 0 spiro atoms. The Morgan fingerprint density at radius 2 is 1.38 bits per heavy atom. The molecular weight excluding hydrogens is 482 g/mol. The van der Waals surface area contributed by atoms with Crippen LogP contribution in [0.5, 0.6) is 11.5 Å². The Morgan fingerprint density at radius 3 is 2.00 bits per heavy atom. The van der Waals surface area contributed by atoms with Gasteiger partial charge in [-0.3, -0.25) is 4.55 Å². The molecular formula is C19H12Cl4O5S. The summed E-state index contributed by atoms with van der Waals surface area (Å²) in [5.41, 5.74) is -0.923. The Balaban J connectivity index is 2.68. The quantitative estimate of drug-likeness (QED) is 0.311. The van der Waals surface area contributed by atoms with E-state index in [2.05, 4.69) is 0 Å². The van der Waals surface area contributed by atoms with Crippen LogP contribution in [0.4, 0.5) is 0 Å². The SMILES string of the molecule is O=S(=O)(O)C(c1ccccc1O)(c1cc(Cl)cc(Cl)c1O)c1cccc(Cl)c1Cl. The number of aromatic hydroxyl groups is 2. The van der Waals surface area contributed by atoms with Crippen molar-refractivity contribution >= 4 is 56.5 Å². The number of para-hydroxylation sites is 1. The third kappa shape index (κ3) is 3.54. The second kappa shape index (κ2) is 7.87. The molecule has 0 aliphatic carbocycles. The maximum absolute atomic E-state index is 13.0. The summed E-state index contributed by atoms with van der Waals surface area (Å²) in [6.07, 6.45) is 0. The lowest BCUT2D eigenvalue weighted by Gasteiger charge is -2.34. The lowest BCUT2D eigenvalue weighted by atomic mass is 9.83. The van der Waals surface area contributed by atoms with E-state index in [1.165, 1.54) is 48.5 Å². The Hall–Kier alpha value is -1.67. The highest BCUT2D eigenvalue weighted by Crippen LogP contribution is 2.53. The third-order valence-electron chi connectivity index (χ3n) is 4.41. The molecule has 29 heavy (non-hydrogen) atoms. The number of benzene rings is 3. The van der Waals surface area contributed by atoms with Crippen molar-refractivity contribution in [1.82, 2.24) is 0 Å². The van der Waals surface area contributed by atoms with E-state index in [-0.39, 0.29) is 31.2 Å². The summed E-state index contributed by atoms with van der Waals surface area (Å²) in [6.45, 7) is 0. The van der Waals surface area contributed by atoms with E-state index in [1.807, 2.05) is 0 Å². The largest absolute Gasteiger partial charge is 0.508 e. The first kappa shape index (κ1) is 22.0. The van der Waals surface area contributed by atoms with Crippen LogP contribution in [-0.2, 0) is 14.9 Å². The first-order valence-electron chi connectivity index (χ1n) is 7.90. The standard InChI is InChI=1S/C19H12Cl4O5S/c20-10-8-13(18(25)15(22)9-10)19(29(26,27)28,11-4-1-2-7-16(11)24)12-5-3-6-14(21)17(12)23/h1-9,24-25H,(H,26,27,28). The van der Waals surface area contributed by atoms with Crippen molar-refractivity contribution in [1.29, 1.82) is 0 Å². The number of hydrogen-bond donors (Lipinski definition) is 3. The molecule has 0 amide bonds. The zero-order valence-electron chi connectivity index (χ0n) is 14.3. The van der Waals surface area contributed by atoms with Gasteiger partial charge in [-0.05, 0) is 24.3 Å². The predicted molar refractivity (Wildman–Crippen MR) is 114 cm³/mol. The van der Waals surface area contributed by atoms with Gasteiger partial charge in [-0.1, -0.05) is 76.7 Å². The number of halogens is 4. The summed E-state index contributed by atoms with van der Waals surface area (Å²) in [5, 5.41) is 20.7. The highest BCUT2D eigenvalue weighted by molar-refractivity contribution is 7.87. The van der Waals surface area contributed by atoms with Crippen molar-refractivity contribution < 1.29 is 23.2 Å². The molecule has 5 nitrogen and oxygen atoms in total. The molecule has 10 heteroatoms. The van der Waals surface area contributed by atoms with Gasteiger partial charge in [0, 0.05) is 21.7 Å². The second-order valence-electron chi connectivity index (χ2n) is 6.06. The lowest BCUT2D eigenvalue weighted by Crippen LogP contribution is -2.38. The van der Waals surface area contributed by atoms with E-state index in [1.54, 1.807) is 0 Å². The van der Waals surface area contributed by atoms with E-state index < -0.39 is 31.9 Å². The summed E-state index contributed by atoms with van der Waals surface area (Å²) in [5.74, 6) is -1.16. The van der Waals surface area contributed by atoms with Crippen LogP contribution in [0, 0.1) is 0 Å². The fourth-order valence-corrected chi connectivity index (χ4v) is 5.56. The zero-order chi connectivity index (χ0) is 21.6. The minimum atomic E-state index is -5.18. The Labute approximate surface area is 186 Å². The van der Waals surface area contributed by atoms with Crippen molar-refractivity contribution in [2.45, 2.75) is 4.75 Å². The molecule has 0 aliphatic heterocycles. The van der Waals surface area contributed by atoms with Gasteiger partial charge in [-0.2, -0.15) is 8.42 Å². The Morgan fingerprint density at radius 1 is 0.759 bits per heavy atom. The molecule has 3 rings (SSSR count). The molecule has 1 unspecified atom stereocenters. The molecule has 1 atom stereocenters. The number of rotatable bonds is 4. The van der Waals surface area contributed by atoms with Gasteiger partial charge in [0.05, 0.1) is 15.1 Å². The Bertz CT molecular complexity index is 1210. The monoisotopic (exact) mass is 492 g/mol. The summed E-state index contributed by atoms with van der Waals surface area (Å²) >= 11 is 24.5. The minimum absolute atomic E-state index is 0.0137. The lowest BCUT2D eigenvalue weighted by molar-refractivity contribution is 0.428. The third-order valence-corrected chi connectivity index (χ3v) is 7.17. The van der Waals surface area contributed by atoms with Crippen LogP contribution in [0.15, 0.2) is 54.6 Å². The van der Waals surface area contributed by atoms with Crippen LogP contribution in [0.25, 0.3) is 0 Å². The van der Waals surface area contributed by atoms with Crippen molar-refractivity contribution in [3.05, 3.63) is 91.4 Å². The van der Waals surface area contributed by atoms with Crippen LogP contribution in [0.2, 0.25) is 20.1 Å². The smallest absolute Gasteiger partial charge is 0.283 e. The van der Waals surface area contributed by atoms with E-state index in [0.29, 0.717) is 0 Å². The minimum Gasteiger partial charge on any atom is -0.508 e. The van der Waals surface area contributed by atoms with Crippen molar-refractivity contribution in [2.24, 2.45) is 0 Å². The summed E-state index contributed by atoms with van der Waals surface area (Å²) in [4.78, 5) is 0. The highest BCUT2D eigenvalue weighted by atomic mass is 35.5. The molecule has 0 radical (unpaired) electrons. The van der Waals surface area contributed by atoms with Crippen LogP contribution in [-0.4, -0.2) is 23.2 Å². The zero-order valence-corrected chi connectivity index (χ0v) is 18.1. The highest BCUT2D eigenvalue weighted by Gasteiger charge is 2.53. The maximum Gasteiger partial charge on any atom is 0.283 e. The van der Waals surface area contributed by atoms with Gasteiger partial charge in [0.1, 0.15) is 11.5 Å². The molecule has 0 heterocycles. The molecule has 0 aliphatic rings.